The van der Waals surface area contributed by atoms with Gasteiger partial charge in [-0.25, -0.2) is 9.38 Å². The Bertz CT molecular complexity index is 1270. The number of fused-ring (bicyclic) bond motifs is 1. The van der Waals surface area contributed by atoms with Gasteiger partial charge >= 0.3 is 6.18 Å². The molecule has 4 aliphatic heterocycles. The van der Waals surface area contributed by atoms with Gasteiger partial charge in [-0.15, -0.1) is 0 Å². The van der Waals surface area contributed by atoms with Gasteiger partial charge in [0.1, 0.15) is 17.7 Å². The van der Waals surface area contributed by atoms with Crippen LogP contribution in [0, 0.1) is 5.92 Å². The van der Waals surface area contributed by atoms with Crippen molar-refractivity contribution in [3.05, 3.63) is 58.4 Å². The number of allylic oxidation sites excluding steroid dienone is 1. The number of carbonyl (C=O) groups excluding carboxylic acids is 1. The van der Waals surface area contributed by atoms with Crippen molar-refractivity contribution in [1.82, 2.24) is 15.1 Å². The Morgan fingerprint density at radius 1 is 1.02 bits per heavy atom. The van der Waals surface area contributed by atoms with Gasteiger partial charge in [-0.1, -0.05) is 12.6 Å². The van der Waals surface area contributed by atoms with Gasteiger partial charge in [0.2, 0.25) is 0 Å². The lowest BCUT2D eigenvalue weighted by molar-refractivity contribution is -0.137. The summed E-state index contributed by atoms with van der Waals surface area (Å²) in [5, 5.41) is 3.43. The van der Waals surface area contributed by atoms with Gasteiger partial charge in [-0.3, -0.25) is 4.79 Å². The highest BCUT2D eigenvalue weighted by molar-refractivity contribution is 5.98. The number of ether oxygens (including phenoxy) is 2. The largest absolute Gasteiger partial charge is 0.416 e. The highest BCUT2D eigenvalue weighted by Gasteiger charge is 2.34. The number of alkyl halides is 4. The molecule has 1 aromatic carbocycles. The van der Waals surface area contributed by atoms with Crippen molar-refractivity contribution in [2.75, 3.05) is 46.1 Å². The Morgan fingerprint density at radius 3 is 2.41 bits per heavy atom. The number of piperidine rings is 1. The van der Waals surface area contributed by atoms with E-state index >= 15 is 0 Å². The van der Waals surface area contributed by atoms with E-state index in [1.807, 2.05) is 4.90 Å². The third-order valence-electron chi connectivity index (χ3n) is 9.32. The minimum atomic E-state index is -4.39. The molecule has 44 heavy (non-hydrogen) atoms. The fourth-order valence-corrected chi connectivity index (χ4v) is 6.43. The number of nitrogens with one attached hydrogen (secondary N) is 1. The summed E-state index contributed by atoms with van der Waals surface area (Å²) in [4.78, 5) is 22.5. The lowest BCUT2D eigenvalue weighted by Gasteiger charge is -2.37. The van der Waals surface area contributed by atoms with Crippen LogP contribution in [0.15, 0.2) is 46.7 Å². The van der Waals surface area contributed by atoms with Gasteiger partial charge in [-0.2, -0.15) is 13.2 Å². The van der Waals surface area contributed by atoms with Crippen LogP contribution in [0.3, 0.4) is 0 Å². The Balaban J connectivity index is 1.33. The van der Waals surface area contributed by atoms with E-state index in [1.165, 1.54) is 12.1 Å². The smallest absolute Gasteiger partial charge is 0.387 e. The predicted molar refractivity (Wildman–Crippen MR) is 159 cm³/mol. The van der Waals surface area contributed by atoms with Crippen molar-refractivity contribution >= 4 is 11.7 Å². The van der Waals surface area contributed by atoms with Crippen LogP contribution in [-0.4, -0.2) is 85.9 Å². The van der Waals surface area contributed by atoms with E-state index in [-0.39, 0.29) is 36.2 Å². The van der Waals surface area contributed by atoms with Crippen molar-refractivity contribution < 1.29 is 31.8 Å². The first-order valence-electron chi connectivity index (χ1n) is 15.5. The zero-order valence-electron chi connectivity index (χ0n) is 25.3. The first kappa shape index (κ1) is 32.4. The molecular formula is C32H43F4N5O3. The van der Waals surface area contributed by atoms with E-state index < -0.39 is 17.9 Å². The number of carbonyl (C=O) groups is 1. The maximum Gasteiger partial charge on any atom is 0.416 e. The molecule has 0 saturated carbocycles. The number of aliphatic imine (C=N–C) groups is 1. The van der Waals surface area contributed by atoms with Gasteiger partial charge < -0.3 is 30.3 Å². The molecule has 0 aliphatic carbocycles. The number of hydrogen-bond donors (Lipinski definition) is 2. The van der Waals surface area contributed by atoms with Crippen LogP contribution in [-0.2, 0) is 33.4 Å². The molecule has 4 heterocycles. The summed E-state index contributed by atoms with van der Waals surface area (Å²) in [5.41, 5.74) is 8.71. The lowest BCUT2D eigenvalue weighted by atomic mass is 9.95. The monoisotopic (exact) mass is 621 g/mol. The van der Waals surface area contributed by atoms with E-state index in [1.54, 1.807) is 11.8 Å². The summed E-state index contributed by atoms with van der Waals surface area (Å²) < 4.78 is 64.7. The van der Waals surface area contributed by atoms with Crippen LogP contribution in [0.5, 0.6) is 0 Å². The van der Waals surface area contributed by atoms with E-state index in [9.17, 15) is 22.4 Å². The highest BCUT2D eigenvalue weighted by atomic mass is 19.4. The summed E-state index contributed by atoms with van der Waals surface area (Å²) in [6, 6.07) is 3.71. The van der Waals surface area contributed by atoms with Gasteiger partial charge in [0.25, 0.3) is 5.91 Å². The summed E-state index contributed by atoms with van der Waals surface area (Å²) in [7, 11) is 0. The number of nitrogens with zero attached hydrogens (tertiary/aromatic N) is 3. The quantitative estimate of drug-likeness (QED) is 0.155. The first-order chi connectivity index (χ1) is 21.0. The molecule has 2 atom stereocenters. The molecule has 0 spiro atoms. The van der Waals surface area contributed by atoms with Gasteiger partial charge in [-0.05, 0) is 68.7 Å². The Hall–Kier alpha value is -2.96. The summed E-state index contributed by atoms with van der Waals surface area (Å²) in [5.74, 6) is 0.150. The normalized spacial score (nSPS) is 25.0. The second-order valence-electron chi connectivity index (χ2n) is 12.2. The lowest BCUT2D eigenvalue weighted by Crippen LogP contribution is -2.52. The summed E-state index contributed by atoms with van der Waals surface area (Å²) in [6.07, 6.45) is -1.57. The fraction of sp³-hybridized carbons (Fsp3) is 0.625. The average Bonchev–Trinajstić information content (AvgIpc) is 3.03. The topological polar surface area (TPSA) is 92.4 Å². The SMILES string of the molecule is C=C(/C(C)=C(\N=C(N)C1CCOCC1)C(=O)N1CCC(N[C@@H]2CCOC[C@@H]2F)CC1)N1CCc2cc(C(F)(F)F)ccc2C1. The van der Waals surface area contributed by atoms with E-state index in [4.69, 9.17) is 20.2 Å². The Morgan fingerprint density at radius 2 is 1.73 bits per heavy atom. The number of benzene rings is 1. The molecule has 0 bridgehead atoms. The predicted octanol–water partition coefficient (Wildman–Crippen LogP) is 4.34. The minimum Gasteiger partial charge on any atom is -0.387 e. The molecule has 12 heteroatoms. The number of halogens is 4. The average molecular weight is 622 g/mol. The van der Waals surface area contributed by atoms with Crippen LogP contribution in [0.1, 0.15) is 55.7 Å². The van der Waals surface area contributed by atoms with Crippen molar-refractivity contribution in [1.29, 1.82) is 0 Å². The zero-order valence-corrected chi connectivity index (χ0v) is 25.3. The second kappa shape index (κ2) is 14.0. The zero-order chi connectivity index (χ0) is 31.4. The molecule has 1 amide bonds. The second-order valence-corrected chi connectivity index (χ2v) is 12.2. The van der Waals surface area contributed by atoms with Gasteiger partial charge in [0.05, 0.1) is 12.2 Å². The van der Waals surface area contributed by atoms with Crippen molar-refractivity contribution in [3.63, 3.8) is 0 Å². The molecule has 1 aromatic rings. The molecule has 5 rings (SSSR count). The molecule has 8 nitrogen and oxygen atoms in total. The van der Waals surface area contributed by atoms with Crippen molar-refractivity contribution in [3.8, 4) is 0 Å². The van der Waals surface area contributed by atoms with E-state index in [2.05, 4.69) is 11.9 Å². The molecule has 3 saturated heterocycles. The maximum absolute atomic E-state index is 14.3. The standard InChI is InChI=1S/C32H43F4N5O3/c1-20(21(2)41-11-5-23-17-25(32(34,35)36)4-3-24(23)18-41)29(39-30(37)22-8-14-43-15-9-22)31(42)40-12-6-26(7-13-40)38-28-10-16-44-19-27(28)33/h3-4,17,22,26-28,38H,2,5-16,18-19H2,1H3,(H2,37,39)/b29-20-/t27-,28+/m0/s1. The number of nitrogens with two attached hydrogens (primary N) is 1. The van der Waals surface area contributed by atoms with Gasteiger partial charge in [0.15, 0.2) is 0 Å². The maximum atomic E-state index is 14.3. The molecule has 3 N–H and O–H groups in total. The summed E-state index contributed by atoms with van der Waals surface area (Å²) in [6.45, 7) is 9.72. The number of rotatable bonds is 7. The Labute approximate surface area is 256 Å². The van der Waals surface area contributed by atoms with Crippen LogP contribution in [0.25, 0.3) is 0 Å². The number of amidine groups is 1. The summed E-state index contributed by atoms with van der Waals surface area (Å²) >= 11 is 0. The van der Waals surface area contributed by atoms with Crippen LogP contribution in [0.2, 0.25) is 0 Å². The van der Waals surface area contributed by atoms with Crippen LogP contribution in [0.4, 0.5) is 17.6 Å². The fourth-order valence-electron chi connectivity index (χ4n) is 6.43. The number of hydrogen-bond acceptors (Lipinski definition) is 6. The van der Waals surface area contributed by atoms with Crippen molar-refractivity contribution in [2.45, 2.75) is 76.4 Å². The molecule has 3 fully saturated rings. The molecule has 4 aliphatic rings. The number of amides is 1. The molecule has 0 unspecified atom stereocenters. The molecule has 0 radical (unpaired) electrons. The highest BCUT2D eigenvalue weighted by Crippen LogP contribution is 2.34. The molecule has 0 aromatic heterocycles. The third kappa shape index (κ3) is 7.63. The van der Waals surface area contributed by atoms with Crippen LogP contribution >= 0.6 is 0 Å². The number of likely N-dealkylation sites (tertiary alicyclic amines) is 1. The third-order valence-corrected chi connectivity index (χ3v) is 9.32. The Kier molecular flexibility index (Phi) is 10.3. The van der Waals surface area contributed by atoms with Crippen molar-refractivity contribution in [2.24, 2.45) is 16.6 Å². The van der Waals surface area contributed by atoms with Gasteiger partial charge in [0, 0.05) is 75.3 Å². The molecular weight excluding hydrogens is 578 g/mol. The van der Waals surface area contributed by atoms with Crippen LogP contribution < -0.4 is 11.1 Å². The first-order valence-corrected chi connectivity index (χ1v) is 15.5. The van der Waals surface area contributed by atoms with E-state index in [0.717, 1.165) is 24.5 Å². The molecule has 242 valence electrons. The van der Waals surface area contributed by atoms with E-state index in [0.29, 0.717) is 94.4 Å². The minimum absolute atomic E-state index is 0.000336.